The molecule has 4 atom stereocenters. The van der Waals surface area contributed by atoms with Gasteiger partial charge in [0, 0.05) is 48.5 Å². The number of anilines is 2. The molecule has 2 aliphatic carbocycles. The molecule has 1 N–H and O–H groups in total. The van der Waals surface area contributed by atoms with Crippen LogP contribution in [0.25, 0.3) is 0 Å². The average Bonchev–Trinajstić information content (AvgIpc) is 3.82. The lowest BCUT2D eigenvalue weighted by molar-refractivity contribution is 0.0985. The van der Waals surface area contributed by atoms with Crippen molar-refractivity contribution in [3.05, 3.63) is 34.1 Å². The molecule has 2 saturated carbocycles. The Labute approximate surface area is 268 Å². The summed E-state index contributed by atoms with van der Waals surface area (Å²) in [5, 5.41) is 0.379. The monoisotopic (exact) mass is 677 g/mol. The maximum Gasteiger partial charge on any atom is 0.224 e. The van der Waals surface area contributed by atoms with E-state index in [0.717, 1.165) is 56.1 Å². The molecule has 11 nitrogen and oxygen atoms in total. The molecule has 4 fully saturated rings. The second-order valence-electron chi connectivity index (χ2n) is 11.3. The Kier molecular flexibility index (Phi) is 11.5. The zero-order chi connectivity index (χ0) is 29.6. The van der Waals surface area contributed by atoms with Gasteiger partial charge in [0.2, 0.25) is 10.6 Å². The van der Waals surface area contributed by atoms with Gasteiger partial charge < -0.3 is 19.3 Å². The summed E-state index contributed by atoms with van der Waals surface area (Å²) >= 11 is 12.1. The van der Waals surface area contributed by atoms with E-state index in [-0.39, 0.29) is 42.3 Å². The van der Waals surface area contributed by atoms with Crippen molar-refractivity contribution in [2.75, 3.05) is 61.8 Å². The van der Waals surface area contributed by atoms with Crippen molar-refractivity contribution < 1.29 is 17.9 Å². The summed E-state index contributed by atoms with van der Waals surface area (Å²) in [6.45, 7) is 8.35. The second kappa shape index (κ2) is 13.8. The summed E-state index contributed by atoms with van der Waals surface area (Å²) in [6, 6.07) is 4.25. The molecule has 4 heterocycles. The van der Waals surface area contributed by atoms with Gasteiger partial charge in [0.25, 0.3) is 0 Å². The molecule has 6 rings (SSSR count). The molecule has 0 unspecified atom stereocenters. The summed E-state index contributed by atoms with van der Waals surface area (Å²) < 4.78 is 42.1. The third kappa shape index (κ3) is 7.44. The molecule has 2 aromatic rings. The Balaban J connectivity index is 0.000000225. The first-order chi connectivity index (χ1) is 19.4. The molecule has 43 heavy (non-hydrogen) atoms. The molecule has 2 saturated heterocycles. The van der Waals surface area contributed by atoms with Crippen LogP contribution in [0.4, 0.5) is 11.6 Å². The summed E-state index contributed by atoms with van der Waals surface area (Å²) in [5.74, 6) is 1.54. The van der Waals surface area contributed by atoms with Gasteiger partial charge in [-0.3, -0.25) is 8.99 Å². The molecular formula is C28H45Cl2N7O4S2. The lowest BCUT2D eigenvalue weighted by atomic mass is 10.2. The quantitative estimate of drug-likeness (QED) is 0.416. The van der Waals surface area contributed by atoms with Crippen molar-refractivity contribution in [2.24, 2.45) is 0 Å². The number of aromatic nitrogens is 4. The summed E-state index contributed by atoms with van der Waals surface area (Å²) in [7, 11) is -3.65. The molecule has 2 aromatic heterocycles. The van der Waals surface area contributed by atoms with E-state index in [2.05, 4.69) is 43.6 Å². The van der Waals surface area contributed by atoms with Crippen LogP contribution in [0, 0.1) is 4.78 Å². The molecule has 242 valence electrons. The van der Waals surface area contributed by atoms with Crippen molar-refractivity contribution in [1.82, 2.24) is 19.9 Å². The van der Waals surface area contributed by atoms with Gasteiger partial charge in [-0.05, 0) is 62.7 Å². The van der Waals surface area contributed by atoms with Gasteiger partial charge in [0.05, 0.1) is 69.1 Å². The van der Waals surface area contributed by atoms with E-state index >= 15 is 0 Å². The average molecular weight is 679 g/mol. The Hall–Kier alpha value is -1.64. The number of hydrogen-bond acceptors (Lipinski definition) is 11. The number of hydrogen-bond donors (Lipinski definition) is 1. The van der Waals surface area contributed by atoms with E-state index in [1.807, 2.05) is 12.1 Å². The van der Waals surface area contributed by atoms with Crippen molar-refractivity contribution in [3.63, 3.8) is 0 Å². The van der Waals surface area contributed by atoms with Gasteiger partial charge in [0.15, 0.2) is 0 Å². The predicted octanol–water partition coefficient (Wildman–Crippen LogP) is 5.02. The first-order valence-electron chi connectivity index (χ1n) is 13.7. The first-order valence-corrected chi connectivity index (χ1v) is 18.0. The van der Waals surface area contributed by atoms with Crippen molar-refractivity contribution >= 4 is 55.4 Å². The minimum Gasteiger partial charge on any atom is -0.377 e. The zero-order valence-corrected chi connectivity index (χ0v) is 26.9. The molecule has 0 aromatic carbocycles. The van der Waals surface area contributed by atoms with Crippen LogP contribution in [0.1, 0.15) is 65.8 Å². The fourth-order valence-corrected chi connectivity index (χ4v) is 8.29. The van der Waals surface area contributed by atoms with E-state index in [1.54, 1.807) is 6.26 Å². The minimum absolute atomic E-state index is 0. The Morgan fingerprint density at radius 1 is 0.884 bits per heavy atom. The molecule has 0 amide bonds. The largest absolute Gasteiger partial charge is 0.377 e. The molecule has 2 aliphatic heterocycles. The molecule has 15 heteroatoms. The fraction of sp³-hybridized carbons (Fsp3) is 0.714. The van der Waals surface area contributed by atoms with Crippen LogP contribution in [0.3, 0.4) is 0 Å². The lowest BCUT2D eigenvalue weighted by Crippen LogP contribution is -2.44. The van der Waals surface area contributed by atoms with E-state index in [9.17, 15) is 8.42 Å². The Bertz CT molecular complexity index is 1420. The highest BCUT2D eigenvalue weighted by Crippen LogP contribution is 2.53. The molecular weight excluding hydrogens is 633 g/mol. The third-order valence-corrected chi connectivity index (χ3v) is 12.5. The van der Waals surface area contributed by atoms with Crippen LogP contribution in [0.2, 0.25) is 10.6 Å². The van der Waals surface area contributed by atoms with E-state index in [1.165, 1.54) is 6.26 Å². The van der Waals surface area contributed by atoms with E-state index in [0.29, 0.717) is 32.1 Å². The summed E-state index contributed by atoms with van der Waals surface area (Å²) in [6.07, 6.45) is 6.46. The third-order valence-electron chi connectivity index (χ3n) is 8.33. The van der Waals surface area contributed by atoms with Crippen LogP contribution in [0.15, 0.2) is 12.1 Å². The highest BCUT2D eigenvalue weighted by atomic mass is 35.5. The smallest absolute Gasteiger partial charge is 0.224 e. The molecule has 0 spiro atoms. The Morgan fingerprint density at radius 2 is 1.33 bits per heavy atom. The highest BCUT2D eigenvalue weighted by molar-refractivity contribution is 7.93. The standard InChI is InChI=1S/C13H19ClN4O2S.C13H18ClN3O2S.2CH4/c1-9-8-20-6-5-18(9)11-7-10(16-12(14)17-11)13(3-4-13)21(2,15)19;1-9-8-19-6-5-17(9)11-7-10(15-12(14)16-11)13(3-4-13)20(2)18;;/h7,9,15H,3-6,8H2,1-2H3;7,9H,3-6,8H2,1-2H3;2*1H4/t9-,21-;9-,20-;;/m11../s1. The number of halogens is 2. The van der Waals surface area contributed by atoms with Crippen molar-refractivity contribution in [2.45, 2.75) is 76.0 Å². The summed E-state index contributed by atoms with van der Waals surface area (Å²) in [4.78, 5) is 21.5. The lowest BCUT2D eigenvalue weighted by Gasteiger charge is -2.34. The van der Waals surface area contributed by atoms with Crippen LogP contribution in [-0.4, -0.2) is 92.5 Å². The molecule has 0 radical (unpaired) electrons. The van der Waals surface area contributed by atoms with Gasteiger partial charge in [-0.1, -0.05) is 14.9 Å². The van der Waals surface area contributed by atoms with Gasteiger partial charge in [-0.25, -0.2) is 24.1 Å². The van der Waals surface area contributed by atoms with Crippen LogP contribution in [0.5, 0.6) is 0 Å². The van der Waals surface area contributed by atoms with Gasteiger partial charge in [-0.2, -0.15) is 0 Å². The Morgan fingerprint density at radius 3 is 1.70 bits per heavy atom. The molecule has 4 aliphatic rings. The fourth-order valence-electron chi connectivity index (χ4n) is 5.47. The normalized spacial score (nSPS) is 25.5. The maximum atomic E-state index is 12.3. The van der Waals surface area contributed by atoms with Gasteiger partial charge >= 0.3 is 0 Å². The number of nitrogens with one attached hydrogen (secondary N) is 1. The van der Waals surface area contributed by atoms with Crippen molar-refractivity contribution in [1.29, 1.82) is 4.78 Å². The second-order valence-corrected chi connectivity index (χ2v) is 16.1. The van der Waals surface area contributed by atoms with Crippen molar-refractivity contribution in [3.8, 4) is 0 Å². The van der Waals surface area contributed by atoms with E-state index in [4.69, 9.17) is 37.5 Å². The van der Waals surface area contributed by atoms with Crippen LogP contribution in [-0.2, 0) is 39.5 Å². The topological polar surface area (TPSA) is 134 Å². The van der Waals surface area contributed by atoms with Gasteiger partial charge in [0.1, 0.15) is 11.6 Å². The van der Waals surface area contributed by atoms with Crippen LogP contribution < -0.4 is 9.80 Å². The zero-order valence-electron chi connectivity index (χ0n) is 23.8. The number of morpholine rings is 2. The number of rotatable bonds is 6. The predicted molar refractivity (Wildman–Crippen MR) is 175 cm³/mol. The summed E-state index contributed by atoms with van der Waals surface area (Å²) in [5.41, 5.74) is 1.45. The molecule has 0 bridgehead atoms. The minimum atomic E-state index is -2.71. The van der Waals surface area contributed by atoms with E-state index < -0.39 is 25.3 Å². The highest BCUT2D eigenvalue weighted by Gasteiger charge is 2.53. The number of nitrogens with zero attached hydrogens (tertiary/aromatic N) is 6. The first kappa shape index (κ1) is 35.8. The van der Waals surface area contributed by atoms with Crippen LogP contribution >= 0.6 is 23.2 Å². The number of ether oxygens (including phenoxy) is 2. The maximum absolute atomic E-state index is 12.3. The van der Waals surface area contributed by atoms with Gasteiger partial charge in [-0.15, -0.1) is 0 Å². The SMILES string of the molecule is C.C.C[C@@H]1COCCN1c1cc(C2([S@@](C)=O)CC2)nc(Cl)n1.C[C@@H]1COCCN1c1cc(C2([S@](C)(=N)=O)CC2)nc(Cl)n1.